The molecule has 20 heavy (non-hydrogen) atoms. The number of hydrogen-bond donors (Lipinski definition) is 3. The van der Waals surface area contributed by atoms with Crippen LogP contribution in [-0.4, -0.2) is 48.7 Å². The van der Waals surface area contributed by atoms with E-state index < -0.39 is 6.10 Å². The van der Waals surface area contributed by atoms with Crippen molar-refractivity contribution in [3.8, 4) is 0 Å². The van der Waals surface area contributed by atoms with Gasteiger partial charge in [0.2, 0.25) is 5.91 Å². The van der Waals surface area contributed by atoms with Gasteiger partial charge in [0, 0.05) is 18.8 Å². The molecule has 0 aromatic heterocycles. The van der Waals surface area contributed by atoms with Crippen LogP contribution in [0.1, 0.15) is 17.5 Å². The third-order valence-corrected chi connectivity index (χ3v) is 3.48. The Morgan fingerprint density at radius 3 is 2.85 bits per heavy atom. The van der Waals surface area contributed by atoms with Crippen LogP contribution >= 0.6 is 0 Å². The number of hydrogen-bond acceptors (Lipinski definition) is 4. The molecule has 2 atom stereocenters. The maximum atomic E-state index is 12.2. The number of rotatable bonds is 4. The summed E-state index contributed by atoms with van der Waals surface area (Å²) >= 11 is 0. The number of anilines is 1. The van der Waals surface area contributed by atoms with Crippen molar-refractivity contribution in [2.75, 3.05) is 26.0 Å². The number of aliphatic hydroxyl groups excluding tert-OH is 1. The van der Waals surface area contributed by atoms with Gasteiger partial charge in [-0.1, -0.05) is 12.1 Å². The van der Waals surface area contributed by atoms with Crippen molar-refractivity contribution in [2.24, 2.45) is 0 Å². The number of nitrogens with one attached hydrogen (secondary N) is 2. The Kier molecular flexibility index (Phi) is 4.75. The number of carbonyl (C=O) groups is 1. The van der Waals surface area contributed by atoms with Gasteiger partial charge in [-0.15, -0.1) is 0 Å². The van der Waals surface area contributed by atoms with E-state index in [4.69, 9.17) is 0 Å². The molecule has 2 unspecified atom stereocenters. The van der Waals surface area contributed by atoms with Gasteiger partial charge in [0.15, 0.2) is 0 Å². The molecule has 0 bridgehead atoms. The van der Waals surface area contributed by atoms with Crippen LogP contribution in [0.3, 0.4) is 0 Å². The van der Waals surface area contributed by atoms with E-state index in [1.807, 2.05) is 33.2 Å². The van der Waals surface area contributed by atoms with Gasteiger partial charge in [-0.3, -0.25) is 4.79 Å². The summed E-state index contributed by atoms with van der Waals surface area (Å²) in [5.41, 5.74) is 3.05. The van der Waals surface area contributed by atoms with Gasteiger partial charge in [-0.25, -0.2) is 0 Å². The second-order valence-electron chi connectivity index (χ2n) is 5.73. The number of carbonyl (C=O) groups excluding carboxylic acids is 1. The molecular weight excluding hydrogens is 254 g/mol. The van der Waals surface area contributed by atoms with E-state index in [-0.39, 0.29) is 11.9 Å². The lowest BCUT2D eigenvalue weighted by molar-refractivity contribution is -0.117. The second kappa shape index (κ2) is 6.35. The summed E-state index contributed by atoms with van der Waals surface area (Å²) in [6.07, 6.45) is 0.0503. The van der Waals surface area contributed by atoms with Crippen LogP contribution in [0.15, 0.2) is 18.2 Å². The van der Waals surface area contributed by atoms with Gasteiger partial charge < -0.3 is 20.6 Å². The molecule has 1 fully saturated rings. The monoisotopic (exact) mass is 277 g/mol. The molecule has 3 N–H and O–H groups in total. The number of benzene rings is 1. The summed E-state index contributed by atoms with van der Waals surface area (Å²) in [4.78, 5) is 14.2. The van der Waals surface area contributed by atoms with Crippen molar-refractivity contribution in [1.82, 2.24) is 10.2 Å². The molecule has 1 amide bonds. The van der Waals surface area contributed by atoms with E-state index in [1.54, 1.807) is 0 Å². The van der Waals surface area contributed by atoms with E-state index >= 15 is 0 Å². The number of aryl methyl sites for hydroxylation is 1. The fourth-order valence-electron chi connectivity index (χ4n) is 2.40. The highest BCUT2D eigenvalue weighted by Gasteiger charge is 2.28. The van der Waals surface area contributed by atoms with E-state index in [9.17, 15) is 9.90 Å². The quantitative estimate of drug-likeness (QED) is 0.759. The Morgan fingerprint density at radius 2 is 2.25 bits per heavy atom. The fourth-order valence-corrected chi connectivity index (χ4v) is 2.40. The average Bonchev–Trinajstić information content (AvgIpc) is 2.79. The van der Waals surface area contributed by atoms with Crippen LogP contribution in [0.4, 0.5) is 5.69 Å². The smallest absolute Gasteiger partial charge is 0.241 e. The van der Waals surface area contributed by atoms with Crippen molar-refractivity contribution < 1.29 is 9.90 Å². The lowest BCUT2D eigenvalue weighted by Gasteiger charge is -2.15. The molecule has 1 aliphatic heterocycles. The maximum absolute atomic E-state index is 12.2. The molecule has 5 heteroatoms. The molecule has 5 nitrogen and oxygen atoms in total. The Morgan fingerprint density at radius 1 is 1.50 bits per heavy atom. The summed E-state index contributed by atoms with van der Waals surface area (Å²) in [6, 6.07) is 5.80. The summed E-state index contributed by atoms with van der Waals surface area (Å²) in [7, 11) is 4.03. The first kappa shape index (κ1) is 15.0. The molecule has 0 radical (unpaired) electrons. The molecule has 1 heterocycles. The Labute approximate surface area is 120 Å². The fraction of sp³-hybridized carbons (Fsp3) is 0.533. The van der Waals surface area contributed by atoms with E-state index in [0.717, 1.165) is 23.4 Å². The lowest BCUT2D eigenvalue weighted by Crippen LogP contribution is -2.35. The van der Waals surface area contributed by atoms with Crippen molar-refractivity contribution in [3.63, 3.8) is 0 Å². The molecule has 1 saturated heterocycles. The number of β-amino-alcohol motifs (C(OH)–C–C–N with tert-alkyl or cyclic N) is 1. The number of amides is 1. The molecule has 1 aromatic rings. The minimum Gasteiger partial charge on any atom is -0.392 e. The highest BCUT2D eigenvalue weighted by atomic mass is 16.3. The first-order valence-corrected chi connectivity index (χ1v) is 6.92. The zero-order valence-corrected chi connectivity index (χ0v) is 12.3. The summed E-state index contributed by atoms with van der Waals surface area (Å²) < 4.78 is 0. The van der Waals surface area contributed by atoms with Crippen molar-refractivity contribution in [3.05, 3.63) is 29.3 Å². The maximum Gasteiger partial charge on any atom is 0.241 e. The molecular formula is C15H23N3O2. The number of nitrogens with zero attached hydrogens (tertiary/aromatic N) is 1. The van der Waals surface area contributed by atoms with Crippen LogP contribution in [0.25, 0.3) is 0 Å². The predicted molar refractivity (Wildman–Crippen MR) is 79.6 cm³/mol. The zero-order chi connectivity index (χ0) is 14.7. The number of aliphatic hydroxyl groups is 1. The normalized spacial score (nSPS) is 22.2. The van der Waals surface area contributed by atoms with Gasteiger partial charge in [0.05, 0.1) is 12.1 Å². The van der Waals surface area contributed by atoms with E-state index in [0.29, 0.717) is 13.0 Å². The van der Waals surface area contributed by atoms with Gasteiger partial charge in [-0.2, -0.15) is 0 Å². The lowest BCUT2D eigenvalue weighted by atomic mass is 10.1. The topological polar surface area (TPSA) is 64.6 Å². The van der Waals surface area contributed by atoms with Gasteiger partial charge in [-0.05, 0) is 44.6 Å². The predicted octanol–water partition coefficient (Wildman–Crippen LogP) is 0.718. The van der Waals surface area contributed by atoms with Gasteiger partial charge >= 0.3 is 0 Å². The van der Waals surface area contributed by atoms with Crippen LogP contribution in [0, 0.1) is 6.92 Å². The van der Waals surface area contributed by atoms with Crippen molar-refractivity contribution in [1.29, 1.82) is 0 Å². The molecule has 1 aliphatic rings. The molecule has 2 rings (SSSR count). The summed E-state index contributed by atoms with van der Waals surface area (Å²) in [5.74, 6) is -0.0772. The Hall–Kier alpha value is -1.43. The summed E-state index contributed by atoms with van der Waals surface area (Å²) in [5, 5.41) is 15.4. The molecule has 0 spiro atoms. The molecule has 110 valence electrons. The third-order valence-electron chi connectivity index (χ3n) is 3.48. The molecule has 1 aromatic carbocycles. The third kappa shape index (κ3) is 3.79. The molecule has 0 aliphatic carbocycles. The van der Waals surface area contributed by atoms with Gasteiger partial charge in [0.25, 0.3) is 0 Å². The minimum atomic E-state index is -0.424. The van der Waals surface area contributed by atoms with E-state index in [1.165, 1.54) is 0 Å². The van der Waals surface area contributed by atoms with Crippen molar-refractivity contribution >= 4 is 11.6 Å². The Bertz CT molecular complexity index is 488. The molecule has 0 saturated carbocycles. The summed E-state index contributed by atoms with van der Waals surface area (Å²) in [6.45, 7) is 3.30. The van der Waals surface area contributed by atoms with E-state index in [2.05, 4.69) is 21.6 Å². The largest absolute Gasteiger partial charge is 0.392 e. The van der Waals surface area contributed by atoms with Crippen LogP contribution in [-0.2, 0) is 11.3 Å². The van der Waals surface area contributed by atoms with Crippen molar-refractivity contribution in [2.45, 2.75) is 32.0 Å². The minimum absolute atomic E-state index is 0.0772. The SMILES string of the molecule is Cc1ccc(CN(C)C)cc1NC(=O)C1CC(O)CN1. The zero-order valence-electron chi connectivity index (χ0n) is 12.3. The average molecular weight is 277 g/mol. The standard InChI is InChI=1S/C15H23N3O2/c1-10-4-5-11(9-18(2)3)6-13(10)17-15(20)14-7-12(19)8-16-14/h4-6,12,14,16,19H,7-9H2,1-3H3,(H,17,20). The van der Waals surface area contributed by atoms with Gasteiger partial charge in [0.1, 0.15) is 0 Å². The highest BCUT2D eigenvalue weighted by Crippen LogP contribution is 2.19. The van der Waals surface area contributed by atoms with Crippen LogP contribution in [0.5, 0.6) is 0 Å². The van der Waals surface area contributed by atoms with Crippen LogP contribution in [0.2, 0.25) is 0 Å². The Balaban J connectivity index is 2.06. The first-order valence-electron chi connectivity index (χ1n) is 6.92. The highest BCUT2D eigenvalue weighted by molar-refractivity contribution is 5.95. The first-order chi connectivity index (χ1) is 9.45. The van der Waals surface area contributed by atoms with Crippen LogP contribution < -0.4 is 10.6 Å². The second-order valence-corrected chi connectivity index (χ2v) is 5.73.